The molecule has 0 bridgehead atoms. The van der Waals surface area contributed by atoms with Crippen molar-refractivity contribution in [3.8, 4) is 0 Å². The van der Waals surface area contributed by atoms with Gasteiger partial charge in [0.2, 0.25) is 0 Å². The van der Waals surface area contributed by atoms with E-state index in [1.165, 1.54) is 0 Å². The number of nitrogens with one attached hydrogen (secondary N) is 1. The largest absolute Gasteiger partial charge is 0.480 e. The molecule has 1 fully saturated rings. The number of fused-ring (bicyclic) bond motifs is 1. The molecule has 0 unspecified atom stereocenters. The summed E-state index contributed by atoms with van der Waals surface area (Å²) in [6.45, 7) is 0. The molecule has 1 aromatic heterocycles. The Morgan fingerprint density at radius 3 is 2.52 bits per heavy atom. The molecule has 0 spiro atoms. The van der Waals surface area contributed by atoms with Gasteiger partial charge in [-0.05, 0) is 24.3 Å². The van der Waals surface area contributed by atoms with E-state index in [1.54, 1.807) is 6.20 Å². The quantitative estimate of drug-likeness (QED) is 0.841. The molecule has 1 aliphatic rings. The second-order valence-corrected chi connectivity index (χ2v) is 5.81. The summed E-state index contributed by atoms with van der Waals surface area (Å²) in [5.74, 6) is -0.0865. The molecule has 0 saturated heterocycles. The fourth-order valence-corrected chi connectivity index (χ4v) is 3.17. The minimum absolute atomic E-state index is 0.660. The average molecular weight is 284 g/mol. The molecule has 110 valence electrons. The van der Waals surface area contributed by atoms with Crippen LogP contribution in [-0.2, 0) is 4.79 Å². The van der Waals surface area contributed by atoms with Gasteiger partial charge in [0, 0.05) is 11.6 Å². The minimum Gasteiger partial charge on any atom is -0.480 e. The maximum absolute atomic E-state index is 11.9. The van der Waals surface area contributed by atoms with Gasteiger partial charge in [-0.15, -0.1) is 0 Å². The van der Waals surface area contributed by atoms with Crippen LogP contribution >= 0.6 is 0 Å². The Labute approximate surface area is 124 Å². The van der Waals surface area contributed by atoms with Crippen LogP contribution in [-0.4, -0.2) is 21.6 Å². The molecule has 0 amide bonds. The molecule has 2 N–H and O–H groups in total. The second kappa shape index (κ2) is 5.72. The van der Waals surface area contributed by atoms with E-state index < -0.39 is 11.5 Å². The van der Waals surface area contributed by atoms with Crippen molar-refractivity contribution in [1.82, 2.24) is 4.98 Å². The van der Waals surface area contributed by atoms with Crippen molar-refractivity contribution in [3.63, 3.8) is 0 Å². The number of hydrogen-bond donors (Lipinski definition) is 2. The molecule has 2 aromatic rings. The standard InChI is InChI=1S/C17H20N2O2/c20-16(21)17(10-5-1-2-6-11-17)19-15-14-8-4-3-7-13(14)9-12-18-15/h3-4,7-9,12H,1-2,5-6,10-11H2,(H,18,19)(H,20,21). The van der Waals surface area contributed by atoms with Crippen molar-refractivity contribution in [3.05, 3.63) is 36.5 Å². The number of anilines is 1. The molecule has 4 heteroatoms. The van der Waals surface area contributed by atoms with E-state index in [0.29, 0.717) is 18.7 Å². The first-order chi connectivity index (χ1) is 10.2. The first kappa shape index (κ1) is 13.9. The van der Waals surface area contributed by atoms with Crippen LogP contribution in [0.4, 0.5) is 5.82 Å². The molecular weight excluding hydrogens is 264 g/mol. The van der Waals surface area contributed by atoms with Crippen molar-refractivity contribution in [2.75, 3.05) is 5.32 Å². The topological polar surface area (TPSA) is 62.2 Å². The maximum Gasteiger partial charge on any atom is 0.329 e. The van der Waals surface area contributed by atoms with Crippen molar-refractivity contribution < 1.29 is 9.90 Å². The predicted molar refractivity (Wildman–Crippen MR) is 83.4 cm³/mol. The van der Waals surface area contributed by atoms with Gasteiger partial charge in [0.1, 0.15) is 11.4 Å². The molecule has 3 rings (SSSR count). The fraction of sp³-hybridized carbons (Fsp3) is 0.412. The normalized spacial score (nSPS) is 18.1. The van der Waals surface area contributed by atoms with Gasteiger partial charge in [-0.25, -0.2) is 9.78 Å². The Morgan fingerprint density at radius 2 is 1.81 bits per heavy atom. The molecule has 0 aliphatic heterocycles. The highest BCUT2D eigenvalue weighted by atomic mass is 16.4. The number of rotatable bonds is 3. The lowest BCUT2D eigenvalue weighted by molar-refractivity contribution is -0.142. The average Bonchev–Trinajstić information content (AvgIpc) is 2.74. The smallest absolute Gasteiger partial charge is 0.329 e. The number of hydrogen-bond acceptors (Lipinski definition) is 3. The molecule has 0 radical (unpaired) electrons. The molecule has 0 atom stereocenters. The minimum atomic E-state index is -0.881. The number of aromatic nitrogens is 1. The van der Waals surface area contributed by atoms with E-state index in [9.17, 15) is 9.90 Å². The zero-order chi connectivity index (χ0) is 14.7. The van der Waals surface area contributed by atoms with Crippen molar-refractivity contribution in [1.29, 1.82) is 0 Å². The summed E-state index contributed by atoms with van der Waals surface area (Å²) in [5, 5.41) is 15.1. The Bertz CT molecular complexity index is 641. The van der Waals surface area contributed by atoms with Crippen LogP contribution in [0.5, 0.6) is 0 Å². The third kappa shape index (κ3) is 2.71. The lowest BCUT2D eigenvalue weighted by Gasteiger charge is -2.30. The molecule has 4 nitrogen and oxygen atoms in total. The van der Waals surface area contributed by atoms with Gasteiger partial charge >= 0.3 is 5.97 Å². The van der Waals surface area contributed by atoms with Crippen LogP contribution in [0.2, 0.25) is 0 Å². The molecular formula is C17H20N2O2. The number of aliphatic carboxylic acids is 1. The summed E-state index contributed by atoms with van der Waals surface area (Å²) in [6.07, 6.45) is 7.17. The van der Waals surface area contributed by atoms with Crippen LogP contribution in [0.15, 0.2) is 36.5 Å². The zero-order valence-electron chi connectivity index (χ0n) is 12.0. The third-order valence-corrected chi connectivity index (χ3v) is 4.40. The summed E-state index contributed by atoms with van der Waals surface area (Å²) >= 11 is 0. The van der Waals surface area contributed by atoms with Crippen LogP contribution in [0, 0.1) is 0 Å². The van der Waals surface area contributed by atoms with Crippen molar-refractivity contribution in [2.24, 2.45) is 0 Å². The fourth-order valence-electron chi connectivity index (χ4n) is 3.17. The summed E-state index contributed by atoms with van der Waals surface area (Å²) in [4.78, 5) is 16.3. The SMILES string of the molecule is O=C(O)C1(Nc2nccc3ccccc23)CCCCCC1. The van der Waals surface area contributed by atoms with E-state index in [1.807, 2.05) is 30.3 Å². The van der Waals surface area contributed by atoms with Gasteiger partial charge in [-0.3, -0.25) is 0 Å². The van der Waals surface area contributed by atoms with Crippen LogP contribution in [0.25, 0.3) is 10.8 Å². The third-order valence-electron chi connectivity index (χ3n) is 4.40. The first-order valence-electron chi connectivity index (χ1n) is 7.57. The predicted octanol–water partition coefficient (Wildman–Crippen LogP) is 3.82. The van der Waals surface area contributed by atoms with Crippen molar-refractivity contribution in [2.45, 2.75) is 44.1 Å². The van der Waals surface area contributed by atoms with Gasteiger partial charge in [0.25, 0.3) is 0 Å². The highest BCUT2D eigenvalue weighted by molar-refractivity contribution is 5.94. The number of pyridine rings is 1. The summed E-state index contributed by atoms with van der Waals surface area (Å²) in [5.41, 5.74) is -0.881. The molecule has 1 heterocycles. The van der Waals surface area contributed by atoms with E-state index in [0.717, 1.165) is 36.5 Å². The number of carbonyl (C=O) groups is 1. The van der Waals surface area contributed by atoms with Gasteiger partial charge in [0.05, 0.1) is 0 Å². The van der Waals surface area contributed by atoms with Gasteiger partial charge in [0.15, 0.2) is 0 Å². The molecule has 1 aliphatic carbocycles. The number of nitrogens with zero attached hydrogens (tertiary/aromatic N) is 1. The van der Waals surface area contributed by atoms with Gasteiger partial charge < -0.3 is 10.4 Å². The Morgan fingerprint density at radius 1 is 1.10 bits per heavy atom. The zero-order valence-corrected chi connectivity index (χ0v) is 12.0. The first-order valence-corrected chi connectivity index (χ1v) is 7.57. The van der Waals surface area contributed by atoms with E-state index in [4.69, 9.17) is 0 Å². The Balaban J connectivity index is 2.00. The van der Waals surface area contributed by atoms with E-state index in [-0.39, 0.29) is 0 Å². The van der Waals surface area contributed by atoms with Crippen molar-refractivity contribution >= 4 is 22.6 Å². The summed E-state index contributed by atoms with van der Waals surface area (Å²) in [7, 11) is 0. The number of carboxylic acids is 1. The second-order valence-electron chi connectivity index (χ2n) is 5.81. The maximum atomic E-state index is 11.9. The van der Waals surface area contributed by atoms with Crippen LogP contribution < -0.4 is 5.32 Å². The summed E-state index contributed by atoms with van der Waals surface area (Å²) < 4.78 is 0. The Hall–Kier alpha value is -2.10. The monoisotopic (exact) mass is 284 g/mol. The van der Waals surface area contributed by atoms with Gasteiger partial charge in [-0.1, -0.05) is 49.9 Å². The van der Waals surface area contributed by atoms with E-state index in [2.05, 4.69) is 10.3 Å². The van der Waals surface area contributed by atoms with Gasteiger partial charge in [-0.2, -0.15) is 0 Å². The number of benzene rings is 1. The van der Waals surface area contributed by atoms with Crippen LogP contribution in [0.3, 0.4) is 0 Å². The Kier molecular flexibility index (Phi) is 3.78. The highest BCUT2D eigenvalue weighted by Gasteiger charge is 2.39. The lowest BCUT2D eigenvalue weighted by atomic mass is 9.90. The molecule has 1 saturated carbocycles. The van der Waals surface area contributed by atoms with E-state index >= 15 is 0 Å². The number of carboxylic acid groups (broad SMARTS) is 1. The lowest BCUT2D eigenvalue weighted by Crippen LogP contribution is -2.46. The molecule has 1 aromatic carbocycles. The summed E-state index contributed by atoms with van der Waals surface area (Å²) in [6, 6.07) is 9.88. The molecule has 21 heavy (non-hydrogen) atoms. The van der Waals surface area contributed by atoms with Crippen LogP contribution in [0.1, 0.15) is 38.5 Å². The highest BCUT2D eigenvalue weighted by Crippen LogP contribution is 2.32.